The maximum Gasteiger partial charge on any atom is 0.393 e. The Labute approximate surface area is 253 Å². The van der Waals surface area contributed by atoms with Gasteiger partial charge < -0.3 is 24.8 Å². The number of likely N-dealkylation sites (tertiary alicyclic amines) is 1. The zero-order valence-electron chi connectivity index (χ0n) is 24.4. The molecule has 0 amide bonds. The molecule has 43 heavy (non-hydrogen) atoms. The summed E-state index contributed by atoms with van der Waals surface area (Å²) in [6.45, 7) is 4.65. The van der Waals surface area contributed by atoms with Crippen LogP contribution in [0.2, 0.25) is 0 Å². The highest BCUT2D eigenvalue weighted by molar-refractivity contribution is 7.71. The molecule has 1 aliphatic heterocycles. The number of nitrogens with zero attached hydrogens (tertiary/aromatic N) is 2. The predicted octanol–water partition coefficient (Wildman–Crippen LogP) is 6.85. The molecule has 2 N–H and O–H groups in total. The van der Waals surface area contributed by atoms with Crippen LogP contribution in [0.3, 0.4) is 0 Å². The Morgan fingerprint density at radius 3 is 2.63 bits per heavy atom. The lowest BCUT2D eigenvalue weighted by molar-refractivity contribution is -0.126. The first-order valence-electron chi connectivity index (χ1n) is 14.1. The van der Waals surface area contributed by atoms with Gasteiger partial charge >= 0.3 is 6.18 Å². The van der Waals surface area contributed by atoms with Gasteiger partial charge in [0, 0.05) is 30.7 Å². The van der Waals surface area contributed by atoms with E-state index >= 15 is 0 Å². The summed E-state index contributed by atoms with van der Waals surface area (Å²) >= 11 is 1.16. The summed E-state index contributed by atoms with van der Waals surface area (Å²) in [5, 5.41) is 16.5. The summed E-state index contributed by atoms with van der Waals surface area (Å²) in [7, 11) is -0.722. The Hall–Kier alpha value is -3.24. The minimum Gasteiger partial charge on any atom is -0.477 e. The minimum atomic E-state index is -4.44. The van der Waals surface area contributed by atoms with Crippen LogP contribution in [0.15, 0.2) is 36.4 Å². The van der Waals surface area contributed by atoms with Crippen molar-refractivity contribution < 1.29 is 26.9 Å². The van der Waals surface area contributed by atoms with Gasteiger partial charge in [-0.25, -0.2) is 4.39 Å². The molecule has 0 spiro atoms. The quantitative estimate of drug-likeness (QED) is 0.144. The summed E-state index contributed by atoms with van der Waals surface area (Å²) in [6, 6.07) is 11.7. The standard InChI is InChI=1S/C31H35F4N4O2PS/c1-4-42(40,5-2)21-11-12-26(28(18-21)41-17-14-36)37-15-7-10-29-23(19-31(33,34)35)22-8-6-9-27(30(22)43-29)38-25-13-16-39(3)20-24(25)32/h6,8-9,11-12,18,24-25,37-38H,4-5,13,15-17,19-20H2,1-3H3/t24-,25-/m1/s1. The average molecular weight is 635 g/mol. The average Bonchev–Trinajstić information content (AvgIpc) is 3.31. The molecular weight excluding hydrogens is 599 g/mol. The molecule has 4 rings (SSSR count). The third kappa shape index (κ3) is 8.03. The molecule has 2 aromatic carbocycles. The van der Waals surface area contributed by atoms with Crippen molar-refractivity contribution in [1.29, 1.82) is 5.26 Å². The number of nitriles is 1. The number of ether oxygens (including phenoxy) is 1. The lowest BCUT2D eigenvalue weighted by Gasteiger charge is -2.33. The smallest absolute Gasteiger partial charge is 0.393 e. The van der Waals surface area contributed by atoms with Crippen LogP contribution in [0.5, 0.6) is 5.75 Å². The SMILES string of the molecule is CCP(=O)(CC)c1ccc(NCC#Cc2sc3c(N[C@@H]4CCN(C)C[C@H]4F)cccc3c2CC(F)(F)F)c(OCC#N)c1. The van der Waals surface area contributed by atoms with E-state index in [-0.39, 0.29) is 18.7 Å². The van der Waals surface area contributed by atoms with E-state index < -0.39 is 32.0 Å². The number of anilines is 2. The van der Waals surface area contributed by atoms with Crippen LogP contribution < -0.4 is 20.7 Å². The van der Waals surface area contributed by atoms with Crippen molar-refractivity contribution in [2.75, 3.05) is 56.2 Å². The van der Waals surface area contributed by atoms with Crippen LogP contribution in [-0.4, -0.2) is 68.9 Å². The molecule has 0 aliphatic carbocycles. The fourth-order valence-electron chi connectivity index (χ4n) is 5.17. The topological polar surface area (TPSA) is 77.4 Å². The lowest BCUT2D eigenvalue weighted by atomic mass is 10.0. The van der Waals surface area contributed by atoms with Crippen molar-refractivity contribution in [1.82, 2.24) is 4.90 Å². The number of hydrogen-bond donors (Lipinski definition) is 2. The van der Waals surface area contributed by atoms with Crippen molar-refractivity contribution in [3.05, 3.63) is 46.8 Å². The van der Waals surface area contributed by atoms with E-state index in [0.717, 1.165) is 17.9 Å². The van der Waals surface area contributed by atoms with E-state index in [1.165, 1.54) is 0 Å². The summed E-state index contributed by atoms with van der Waals surface area (Å²) in [5.41, 5.74) is 1.23. The highest BCUT2D eigenvalue weighted by Crippen LogP contribution is 2.45. The molecule has 2 atom stereocenters. The van der Waals surface area contributed by atoms with Gasteiger partial charge in [0.25, 0.3) is 0 Å². The second-order valence-electron chi connectivity index (χ2n) is 10.5. The van der Waals surface area contributed by atoms with E-state index in [4.69, 9.17) is 10.00 Å². The molecule has 2 heterocycles. The molecular formula is C31H35F4N4O2PS. The number of benzene rings is 2. The third-order valence-electron chi connectivity index (χ3n) is 7.60. The normalized spacial score (nSPS) is 17.6. The number of fused-ring (bicyclic) bond motifs is 1. The first-order chi connectivity index (χ1) is 20.5. The number of nitrogens with one attached hydrogen (secondary N) is 2. The largest absolute Gasteiger partial charge is 0.477 e. The zero-order valence-corrected chi connectivity index (χ0v) is 26.1. The van der Waals surface area contributed by atoms with Crippen LogP contribution >= 0.6 is 18.5 Å². The summed E-state index contributed by atoms with van der Waals surface area (Å²) < 4.78 is 75.0. The highest BCUT2D eigenvalue weighted by atomic mass is 32.1. The van der Waals surface area contributed by atoms with E-state index in [1.54, 1.807) is 36.4 Å². The Balaban J connectivity index is 1.61. The van der Waals surface area contributed by atoms with Gasteiger partial charge in [-0.2, -0.15) is 18.4 Å². The van der Waals surface area contributed by atoms with Crippen molar-refractivity contribution in [3.8, 4) is 23.7 Å². The van der Waals surface area contributed by atoms with Crippen LogP contribution in [0.25, 0.3) is 10.1 Å². The molecule has 0 radical (unpaired) electrons. The predicted molar refractivity (Wildman–Crippen MR) is 167 cm³/mol. The third-order valence-corrected chi connectivity index (χ3v) is 12.1. The number of alkyl halides is 4. The number of hydrogen-bond acceptors (Lipinski definition) is 7. The van der Waals surface area contributed by atoms with Crippen LogP contribution in [0, 0.1) is 23.2 Å². The summed E-state index contributed by atoms with van der Waals surface area (Å²) in [5.74, 6) is 6.20. The molecule has 0 bridgehead atoms. The van der Waals surface area contributed by atoms with Crippen molar-refractivity contribution >= 4 is 45.2 Å². The Bertz CT molecular complexity index is 1580. The number of piperidine rings is 1. The molecule has 1 aromatic heterocycles. The Morgan fingerprint density at radius 1 is 1.19 bits per heavy atom. The molecule has 6 nitrogen and oxygen atoms in total. The van der Waals surface area contributed by atoms with Gasteiger partial charge in [-0.05, 0) is 48.7 Å². The molecule has 1 saturated heterocycles. The first-order valence-corrected chi connectivity index (χ1v) is 17.0. The second kappa shape index (κ2) is 14.0. The molecule has 0 unspecified atom stereocenters. The van der Waals surface area contributed by atoms with Gasteiger partial charge in [0.05, 0.1) is 40.0 Å². The molecule has 230 valence electrons. The zero-order chi connectivity index (χ0) is 31.2. The fourth-order valence-corrected chi connectivity index (χ4v) is 8.22. The first kappa shape index (κ1) is 32.7. The monoisotopic (exact) mass is 634 g/mol. The van der Waals surface area contributed by atoms with Gasteiger partial charge in [-0.15, -0.1) is 11.3 Å². The van der Waals surface area contributed by atoms with E-state index in [9.17, 15) is 22.1 Å². The Morgan fingerprint density at radius 2 is 1.95 bits per heavy atom. The van der Waals surface area contributed by atoms with Gasteiger partial charge in [0.1, 0.15) is 25.1 Å². The maximum atomic E-state index is 14.7. The minimum absolute atomic E-state index is 0.0887. The van der Waals surface area contributed by atoms with E-state index in [0.29, 0.717) is 62.7 Å². The van der Waals surface area contributed by atoms with Gasteiger partial charge in [-0.3, -0.25) is 0 Å². The fraction of sp³-hybridized carbons (Fsp3) is 0.452. The molecule has 1 fully saturated rings. The number of rotatable bonds is 10. The summed E-state index contributed by atoms with van der Waals surface area (Å²) in [4.78, 5) is 2.21. The van der Waals surface area contributed by atoms with Crippen LogP contribution in [0.4, 0.5) is 28.9 Å². The van der Waals surface area contributed by atoms with Crippen molar-refractivity contribution in [2.45, 2.75) is 45.1 Å². The van der Waals surface area contributed by atoms with Gasteiger partial charge in [0.2, 0.25) is 0 Å². The van der Waals surface area contributed by atoms with E-state index in [2.05, 4.69) is 22.5 Å². The van der Waals surface area contributed by atoms with Gasteiger partial charge in [-0.1, -0.05) is 37.8 Å². The molecule has 0 saturated carbocycles. The van der Waals surface area contributed by atoms with Crippen molar-refractivity contribution in [3.63, 3.8) is 0 Å². The highest BCUT2D eigenvalue weighted by Gasteiger charge is 2.32. The van der Waals surface area contributed by atoms with Crippen LogP contribution in [-0.2, 0) is 11.0 Å². The van der Waals surface area contributed by atoms with Crippen molar-refractivity contribution in [2.24, 2.45) is 0 Å². The van der Waals surface area contributed by atoms with Gasteiger partial charge in [0.15, 0.2) is 6.61 Å². The number of thiophene rings is 1. The molecule has 1 aliphatic rings. The van der Waals surface area contributed by atoms with Crippen LogP contribution in [0.1, 0.15) is 30.7 Å². The maximum absolute atomic E-state index is 14.7. The second-order valence-corrected chi connectivity index (χ2v) is 15.1. The number of halogens is 4. The molecule has 12 heteroatoms. The molecule has 3 aromatic rings. The lowest BCUT2D eigenvalue weighted by Crippen LogP contribution is -2.46. The summed E-state index contributed by atoms with van der Waals surface area (Å²) in [6.07, 6.45) is -5.08. The van der Waals surface area contributed by atoms with E-state index in [1.807, 2.05) is 31.9 Å². The Kier molecular flexibility index (Phi) is 10.7.